The second-order valence-corrected chi connectivity index (χ2v) is 5.29. The smallest absolute Gasteiger partial charge is 0.255 e. The third kappa shape index (κ3) is 2.15. The Morgan fingerprint density at radius 1 is 1.42 bits per heavy atom. The van der Waals surface area contributed by atoms with Crippen molar-refractivity contribution in [3.8, 4) is 0 Å². The Kier molecular flexibility index (Phi) is 3.28. The van der Waals surface area contributed by atoms with Crippen LogP contribution in [0.3, 0.4) is 0 Å². The number of anilines is 1. The van der Waals surface area contributed by atoms with Crippen LogP contribution in [0.5, 0.6) is 0 Å². The second-order valence-electron chi connectivity index (χ2n) is 4.94. The topological polar surface area (TPSA) is 66.5 Å². The zero-order valence-corrected chi connectivity index (χ0v) is 11.5. The molecule has 0 spiro atoms. The molecule has 0 aliphatic carbocycles. The molecule has 0 aromatic carbocycles. The fourth-order valence-corrected chi connectivity index (χ4v) is 2.74. The molecule has 3 heterocycles. The molecule has 19 heavy (non-hydrogen) atoms. The first-order valence-electron chi connectivity index (χ1n) is 6.42. The normalized spacial score (nSPS) is 17.3. The summed E-state index contributed by atoms with van der Waals surface area (Å²) in [6.45, 7) is 4.00. The van der Waals surface area contributed by atoms with E-state index < -0.39 is 0 Å². The molecule has 1 fully saturated rings. The van der Waals surface area contributed by atoms with E-state index in [4.69, 9.17) is 11.6 Å². The molecule has 2 aromatic heterocycles. The number of nitrogens with zero attached hydrogens (tertiary/aromatic N) is 5. The van der Waals surface area contributed by atoms with E-state index in [1.807, 2.05) is 6.92 Å². The Morgan fingerprint density at radius 2 is 2.16 bits per heavy atom. The van der Waals surface area contributed by atoms with Crippen LogP contribution in [0.25, 0.3) is 5.78 Å². The van der Waals surface area contributed by atoms with Gasteiger partial charge in [0.25, 0.3) is 5.78 Å². The predicted molar refractivity (Wildman–Crippen MR) is 72.6 cm³/mol. The molecule has 0 atom stereocenters. The van der Waals surface area contributed by atoms with Gasteiger partial charge in [0.1, 0.15) is 17.3 Å². The minimum absolute atomic E-state index is 0.267. The number of rotatable bonds is 2. The number of aliphatic hydroxyl groups is 1. The number of hydrogen-bond acceptors (Lipinski definition) is 5. The van der Waals surface area contributed by atoms with Crippen molar-refractivity contribution in [1.82, 2.24) is 19.6 Å². The summed E-state index contributed by atoms with van der Waals surface area (Å²) in [6.07, 6.45) is 3.44. The highest BCUT2D eigenvalue weighted by Crippen LogP contribution is 2.29. The summed E-state index contributed by atoms with van der Waals surface area (Å²) in [5, 5.41) is 13.9. The predicted octanol–water partition coefficient (Wildman–Crippen LogP) is 1.29. The van der Waals surface area contributed by atoms with Gasteiger partial charge in [0.05, 0.1) is 0 Å². The van der Waals surface area contributed by atoms with Gasteiger partial charge in [-0.05, 0) is 25.7 Å². The summed E-state index contributed by atoms with van der Waals surface area (Å²) in [5.41, 5.74) is 0.919. The Hall–Kier alpha value is -1.40. The minimum Gasteiger partial charge on any atom is -0.396 e. The zero-order chi connectivity index (χ0) is 13.4. The van der Waals surface area contributed by atoms with Crippen molar-refractivity contribution in [2.24, 2.45) is 5.92 Å². The SMILES string of the molecule is Cc1c(Cl)nc2ncnn2c1N1CCC(CO)CC1. The average Bonchev–Trinajstić information content (AvgIpc) is 2.88. The minimum atomic E-state index is 0.267. The number of hydrogen-bond donors (Lipinski definition) is 1. The van der Waals surface area contributed by atoms with E-state index >= 15 is 0 Å². The molecule has 0 bridgehead atoms. The van der Waals surface area contributed by atoms with E-state index in [9.17, 15) is 5.11 Å². The molecule has 1 N–H and O–H groups in total. The van der Waals surface area contributed by atoms with Crippen LogP contribution < -0.4 is 4.90 Å². The molecule has 102 valence electrons. The lowest BCUT2D eigenvalue weighted by molar-refractivity contribution is 0.202. The highest BCUT2D eigenvalue weighted by atomic mass is 35.5. The standard InChI is InChI=1S/C12H16ClN5O/c1-8-10(13)16-12-14-7-15-18(12)11(8)17-4-2-9(6-19)3-5-17/h7,9,19H,2-6H2,1H3. The van der Waals surface area contributed by atoms with Gasteiger partial charge < -0.3 is 10.0 Å². The van der Waals surface area contributed by atoms with E-state index in [0.29, 0.717) is 16.8 Å². The highest BCUT2D eigenvalue weighted by molar-refractivity contribution is 6.30. The van der Waals surface area contributed by atoms with Crippen LogP contribution in [-0.4, -0.2) is 44.4 Å². The Bertz CT molecular complexity index is 591. The van der Waals surface area contributed by atoms with Crippen molar-refractivity contribution in [3.05, 3.63) is 17.0 Å². The number of aliphatic hydroxyl groups excluding tert-OH is 1. The molecule has 2 aromatic rings. The van der Waals surface area contributed by atoms with Crippen molar-refractivity contribution >= 4 is 23.2 Å². The molecule has 0 saturated carbocycles. The third-order valence-electron chi connectivity index (χ3n) is 3.75. The summed E-state index contributed by atoms with van der Waals surface area (Å²) in [5.74, 6) is 1.89. The van der Waals surface area contributed by atoms with Crippen LogP contribution >= 0.6 is 11.6 Å². The molecule has 6 nitrogen and oxygen atoms in total. The summed E-state index contributed by atoms with van der Waals surface area (Å²) < 4.78 is 1.74. The van der Waals surface area contributed by atoms with Crippen molar-refractivity contribution in [2.75, 3.05) is 24.6 Å². The highest BCUT2D eigenvalue weighted by Gasteiger charge is 2.23. The van der Waals surface area contributed by atoms with Crippen LogP contribution in [0.1, 0.15) is 18.4 Å². The summed E-state index contributed by atoms with van der Waals surface area (Å²) in [6, 6.07) is 0. The van der Waals surface area contributed by atoms with Gasteiger partial charge in [0.15, 0.2) is 0 Å². The van der Waals surface area contributed by atoms with E-state index in [2.05, 4.69) is 20.0 Å². The van der Waals surface area contributed by atoms with Crippen LogP contribution in [0.2, 0.25) is 5.15 Å². The maximum Gasteiger partial charge on any atom is 0.255 e. The molecule has 1 saturated heterocycles. The van der Waals surface area contributed by atoms with Crippen molar-refractivity contribution in [3.63, 3.8) is 0 Å². The van der Waals surface area contributed by atoms with Gasteiger partial charge in [0.2, 0.25) is 0 Å². The first kappa shape index (κ1) is 12.6. The fourth-order valence-electron chi connectivity index (χ4n) is 2.58. The van der Waals surface area contributed by atoms with E-state index in [1.54, 1.807) is 4.52 Å². The zero-order valence-electron chi connectivity index (χ0n) is 10.8. The first-order valence-corrected chi connectivity index (χ1v) is 6.80. The van der Waals surface area contributed by atoms with Gasteiger partial charge in [0, 0.05) is 25.3 Å². The maximum absolute atomic E-state index is 9.21. The van der Waals surface area contributed by atoms with E-state index in [-0.39, 0.29) is 6.61 Å². The molecule has 1 aliphatic heterocycles. The van der Waals surface area contributed by atoms with Gasteiger partial charge in [-0.25, -0.2) is 0 Å². The molecular formula is C12H16ClN5O. The second kappa shape index (κ2) is 4.94. The van der Waals surface area contributed by atoms with E-state index in [1.165, 1.54) is 6.33 Å². The Labute approximate surface area is 116 Å². The first-order chi connectivity index (χ1) is 9.20. The van der Waals surface area contributed by atoms with Crippen molar-refractivity contribution in [2.45, 2.75) is 19.8 Å². The molecule has 0 amide bonds. The summed E-state index contributed by atoms with van der Waals surface area (Å²) >= 11 is 6.17. The monoisotopic (exact) mass is 281 g/mol. The van der Waals surface area contributed by atoms with Crippen LogP contribution in [0.15, 0.2) is 6.33 Å². The molecule has 0 radical (unpaired) electrons. The number of aromatic nitrogens is 4. The van der Waals surface area contributed by atoms with Gasteiger partial charge in [-0.15, -0.1) is 0 Å². The molecule has 7 heteroatoms. The molecule has 0 unspecified atom stereocenters. The fraction of sp³-hybridized carbons (Fsp3) is 0.583. The number of piperidine rings is 1. The maximum atomic E-state index is 9.21. The summed E-state index contributed by atoms with van der Waals surface area (Å²) in [4.78, 5) is 10.6. The Morgan fingerprint density at radius 3 is 2.84 bits per heavy atom. The quantitative estimate of drug-likeness (QED) is 0.841. The third-order valence-corrected chi connectivity index (χ3v) is 4.11. The van der Waals surface area contributed by atoms with Crippen LogP contribution in [-0.2, 0) is 0 Å². The molecular weight excluding hydrogens is 266 g/mol. The number of fused-ring (bicyclic) bond motifs is 1. The van der Waals surface area contributed by atoms with E-state index in [0.717, 1.165) is 37.3 Å². The Balaban J connectivity index is 2.00. The molecule has 1 aliphatic rings. The molecule has 3 rings (SSSR count). The lowest BCUT2D eigenvalue weighted by Crippen LogP contribution is -2.36. The lowest BCUT2D eigenvalue weighted by atomic mass is 9.98. The average molecular weight is 282 g/mol. The van der Waals surface area contributed by atoms with Crippen LogP contribution in [0, 0.1) is 12.8 Å². The van der Waals surface area contributed by atoms with Gasteiger partial charge in [-0.3, -0.25) is 0 Å². The number of halogens is 1. The van der Waals surface area contributed by atoms with Crippen molar-refractivity contribution < 1.29 is 5.11 Å². The summed E-state index contributed by atoms with van der Waals surface area (Å²) in [7, 11) is 0. The van der Waals surface area contributed by atoms with Gasteiger partial charge in [-0.2, -0.15) is 19.6 Å². The van der Waals surface area contributed by atoms with Gasteiger partial charge in [-0.1, -0.05) is 11.6 Å². The van der Waals surface area contributed by atoms with Gasteiger partial charge >= 0.3 is 0 Å². The van der Waals surface area contributed by atoms with Crippen LogP contribution in [0.4, 0.5) is 5.82 Å². The largest absolute Gasteiger partial charge is 0.396 e. The van der Waals surface area contributed by atoms with Crippen molar-refractivity contribution in [1.29, 1.82) is 0 Å². The lowest BCUT2D eigenvalue weighted by Gasteiger charge is -2.33.